The van der Waals surface area contributed by atoms with Gasteiger partial charge in [0, 0.05) is 45.7 Å². The number of rotatable bonds is 6. The van der Waals surface area contributed by atoms with Crippen LogP contribution in [-0.2, 0) is 4.79 Å². The zero-order valence-electron chi connectivity index (χ0n) is 11.9. The van der Waals surface area contributed by atoms with Crippen molar-refractivity contribution in [2.45, 2.75) is 32.8 Å². The van der Waals surface area contributed by atoms with Crippen molar-refractivity contribution in [2.75, 3.05) is 45.8 Å². The SMILES string of the molecule is CCNCCC(=O)N1CCN(CC(C)(C)O)CC1. The van der Waals surface area contributed by atoms with Crippen LogP contribution in [0.15, 0.2) is 0 Å². The minimum absolute atomic E-state index is 0.235. The molecule has 0 aliphatic carbocycles. The van der Waals surface area contributed by atoms with Crippen LogP contribution < -0.4 is 5.32 Å². The van der Waals surface area contributed by atoms with Crippen molar-refractivity contribution in [1.29, 1.82) is 0 Å². The summed E-state index contributed by atoms with van der Waals surface area (Å²) in [6, 6.07) is 0. The Hall–Kier alpha value is -0.650. The lowest BCUT2D eigenvalue weighted by molar-refractivity contribution is -0.133. The van der Waals surface area contributed by atoms with Gasteiger partial charge in [0.25, 0.3) is 0 Å². The van der Waals surface area contributed by atoms with E-state index in [-0.39, 0.29) is 5.91 Å². The van der Waals surface area contributed by atoms with E-state index in [1.807, 2.05) is 25.7 Å². The molecule has 2 N–H and O–H groups in total. The zero-order valence-corrected chi connectivity index (χ0v) is 11.9. The van der Waals surface area contributed by atoms with Gasteiger partial charge in [-0.05, 0) is 20.4 Å². The molecular formula is C13H27N3O2. The normalized spacial score (nSPS) is 18.1. The predicted molar refractivity (Wildman–Crippen MR) is 72.5 cm³/mol. The molecule has 0 bridgehead atoms. The molecule has 0 aromatic rings. The van der Waals surface area contributed by atoms with Gasteiger partial charge in [-0.3, -0.25) is 9.69 Å². The van der Waals surface area contributed by atoms with Crippen molar-refractivity contribution in [2.24, 2.45) is 0 Å². The second-order valence-corrected chi connectivity index (χ2v) is 5.57. The maximum atomic E-state index is 11.9. The molecule has 1 aliphatic rings. The van der Waals surface area contributed by atoms with Gasteiger partial charge in [0.05, 0.1) is 5.60 Å². The maximum absolute atomic E-state index is 11.9. The van der Waals surface area contributed by atoms with E-state index in [0.717, 1.165) is 39.3 Å². The average Bonchev–Trinajstić information content (AvgIpc) is 2.28. The van der Waals surface area contributed by atoms with Crippen LogP contribution >= 0.6 is 0 Å². The molecule has 0 atom stereocenters. The van der Waals surface area contributed by atoms with Crippen molar-refractivity contribution in [3.8, 4) is 0 Å². The summed E-state index contributed by atoms with van der Waals surface area (Å²) in [7, 11) is 0. The van der Waals surface area contributed by atoms with Crippen LogP contribution in [0.3, 0.4) is 0 Å². The Bertz CT molecular complexity index is 255. The van der Waals surface area contributed by atoms with E-state index in [4.69, 9.17) is 0 Å². The highest BCUT2D eigenvalue weighted by Crippen LogP contribution is 2.09. The molecule has 0 radical (unpaired) electrons. The van der Waals surface area contributed by atoms with Crippen LogP contribution in [0, 0.1) is 0 Å². The Morgan fingerprint density at radius 1 is 1.28 bits per heavy atom. The first-order valence-electron chi connectivity index (χ1n) is 6.85. The molecule has 5 heteroatoms. The molecule has 0 unspecified atom stereocenters. The monoisotopic (exact) mass is 257 g/mol. The molecule has 0 aromatic heterocycles. The van der Waals surface area contributed by atoms with E-state index in [1.165, 1.54) is 0 Å². The lowest BCUT2D eigenvalue weighted by atomic mass is 10.1. The largest absolute Gasteiger partial charge is 0.389 e. The number of hydrogen-bond donors (Lipinski definition) is 2. The number of carbonyl (C=O) groups is 1. The molecule has 5 nitrogen and oxygen atoms in total. The molecule has 0 spiro atoms. The number of carbonyl (C=O) groups excluding carboxylic acids is 1. The fourth-order valence-electron chi connectivity index (χ4n) is 2.23. The van der Waals surface area contributed by atoms with Gasteiger partial charge in [-0.2, -0.15) is 0 Å². The van der Waals surface area contributed by atoms with Gasteiger partial charge in [0.1, 0.15) is 0 Å². The average molecular weight is 257 g/mol. The molecular weight excluding hydrogens is 230 g/mol. The van der Waals surface area contributed by atoms with Crippen LogP contribution in [0.1, 0.15) is 27.2 Å². The summed E-state index contributed by atoms with van der Waals surface area (Å²) in [6.07, 6.45) is 0.583. The molecule has 1 saturated heterocycles. The van der Waals surface area contributed by atoms with Crippen molar-refractivity contribution < 1.29 is 9.90 Å². The number of amides is 1. The van der Waals surface area contributed by atoms with Crippen LogP contribution in [-0.4, -0.2) is 72.2 Å². The first-order valence-corrected chi connectivity index (χ1v) is 6.85. The van der Waals surface area contributed by atoms with E-state index in [0.29, 0.717) is 13.0 Å². The van der Waals surface area contributed by atoms with E-state index in [1.54, 1.807) is 0 Å². The number of nitrogens with zero attached hydrogens (tertiary/aromatic N) is 2. The molecule has 0 aromatic carbocycles. The topological polar surface area (TPSA) is 55.8 Å². The fourth-order valence-corrected chi connectivity index (χ4v) is 2.23. The van der Waals surface area contributed by atoms with Crippen molar-refractivity contribution in [3.05, 3.63) is 0 Å². The lowest BCUT2D eigenvalue weighted by Crippen LogP contribution is -2.52. The van der Waals surface area contributed by atoms with Gasteiger partial charge in [0.15, 0.2) is 0 Å². The number of nitrogens with one attached hydrogen (secondary N) is 1. The highest BCUT2D eigenvalue weighted by molar-refractivity contribution is 5.76. The molecule has 18 heavy (non-hydrogen) atoms. The summed E-state index contributed by atoms with van der Waals surface area (Å²) >= 11 is 0. The third-order valence-electron chi connectivity index (χ3n) is 3.10. The highest BCUT2D eigenvalue weighted by atomic mass is 16.3. The Labute approximate surface area is 110 Å². The smallest absolute Gasteiger partial charge is 0.223 e. The van der Waals surface area contributed by atoms with E-state index in [9.17, 15) is 9.90 Å². The Morgan fingerprint density at radius 2 is 1.89 bits per heavy atom. The number of aliphatic hydroxyl groups is 1. The molecule has 1 rings (SSSR count). The van der Waals surface area contributed by atoms with E-state index < -0.39 is 5.60 Å². The Balaban J connectivity index is 2.24. The summed E-state index contributed by atoms with van der Waals surface area (Å²) in [5.74, 6) is 0.235. The first-order chi connectivity index (χ1) is 8.42. The summed E-state index contributed by atoms with van der Waals surface area (Å²) in [5, 5.41) is 12.9. The quantitative estimate of drug-likeness (QED) is 0.653. The molecule has 1 aliphatic heterocycles. The van der Waals surface area contributed by atoms with Crippen LogP contribution in [0.4, 0.5) is 0 Å². The summed E-state index contributed by atoms with van der Waals surface area (Å²) in [5.41, 5.74) is -0.656. The molecule has 1 heterocycles. The number of piperazine rings is 1. The van der Waals surface area contributed by atoms with Gasteiger partial charge in [0.2, 0.25) is 5.91 Å². The van der Waals surface area contributed by atoms with Gasteiger partial charge in [-0.25, -0.2) is 0 Å². The van der Waals surface area contributed by atoms with Crippen LogP contribution in [0.2, 0.25) is 0 Å². The predicted octanol–water partition coefficient (Wildman–Crippen LogP) is -0.0989. The van der Waals surface area contributed by atoms with Gasteiger partial charge in [-0.1, -0.05) is 6.92 Å². The van der Waals surface area contributed by atoms with Crippen molar-refractivity contribution >= 4 is 5.91 Å². The standard InChI is InChI=1S/C13H27N3O2/c1-4-14-6-5-12(17)16-9-7-15(8-10-16)11-13(2,3)18/h14,18H,4-11H2,1-3H3. The van der Waals surface area contributed by atoms with Crippen molar-refractivity contribution in [3.63, 3.8) is 0 Å². The van der Waals surface area contributed by atoms with Gasteiger partial charge < -0.3 is 15.3 Å². The van der Waals surface area contributed by atoms with Gasteiger partial charge >= 0.3 is 0 Å². The molecule has 106 valence electrons. The molecule has 1 amide bonds. The number of β-amino-alcohol motifs (C(OH)–C–C–N with tert-alkyl or cyclic N) is 1. The van der Waals surface area contributed by atoms with E-state index >= 15 is 0 Å². The third kappa shape index (κ3) is 5.80. The lowest BCUT2D eigenvalue weighted by Gasteiger charge is -2.37. The third-order valence-corrected chi connectivity index (χ3v) is 3.10. The van der Waals surface area contributed by atoms with Gasteiger partial charge in [-0.15, -0.1) is 0 Å². The molecule has 0 saturated carbocycles. The van der Waals surface area contributed by atoms with Crippen molar-refractivity contribution in [1.82, 2.24) is 15.1 Å². The maximum Gasteiger partial charge on any atom is 0.223 e. The first kappa shape index (κ1) is 15.4. The minimum Gasteiger partial charge on any atom is -0.389 e. The Kier molecular flexibility index (Phi) is 6.05. The van der Waals surface area contributed by atoms with E-state index in [2.05, 4.69) is 10.2 Å². The summed E-state index contributed by atoms with van der Waals surface area (Å²) < 4.78 is 0. The highest BCUT2D eigenvalue weighted by Gasteiger charge is 2.24. The summed E-state index contributed by atoms with van der Waals surface area (Å²) in [4.78, 5) is 16.0. The second-order valence-electron chi connectivity index (χ2n) is 5.57. The fraction of sp³-hybridized carbons (Fsp3) is 0.923. The molecule has 1 fully saturated rings. The summed E-state index contributed by atoms with van der Waals surface area (Å²) in [6.45, 7) is 11.3. The second kappa shape index (κ2) is 7.07. The number of hydrogen-bond acceptors (Lipinski definition) is 4. The Morgan fingerprint density at radius 3 is 2.39 bits per heavy atom. The zero-order chi connectivity index (χ0) is 13.6. The van der Waals surface area contributed by atoms with Crippen LogP contribution in [0.25, 0.3) is 0 Å². The van der Waals surface area contributed by atoms with Crippen LogP contribution in [0.5, 0.6) is 0 Å². The minimum atomic E-state index is -0.656.